The van der Waals surface area contributed by atoms with Gasteiger partial charge in [0.05, 0.1) is 4.88 Å². The zero-order chi connectivity index (χ0) is 12.1. The predicted molar refractivity (Wildman–Crippen MR) is 71.5 cm³/mol. The van der Waals surface area contributed by atoms with Crippen LogP contribution in [0.3, 0.4) is 0 Å². The molecule has 2 aromatic rings. The molecule has 4 heteroatoms. The first kappa shape index (κ1) is 11.8. The zero-order valence-electron chi connectivity index (χ0n) is 9.35. The number of hydrogen-bond donors (Lipinski definition) is 2. The average Bonchev–Trinajstić information content (AvgIpc) is 2.86. The maximum absolute atomic E-state index is 11.8. The van der Waals surface area contributed by atoms with Gasteiger partial charge >= 0.3 is 0 Å². The molecule has 3 N–H and O–H groups in total. The fourth-order valence-corrected chi connectivity index (χ4v) is 2.14. The molecule has 1 amide bonds. The van der Waals surface area contributed by atoms with E-state index in [1.54, 1.807) is 0 Å². The molecule has 0 saturated heterocycles. The highest BCUT2D eigenvalue weighted by Crippen LogP contribution is 2.14. The van der Waals surface area contributed by atoms with Gasteiger partial charge in [0.25, 0.3) is 5.91 Å². The van der Waals surface area contributed by atoms with E-state index in [4.69, 9.17) is 5.73 Å². The maximum atomic E-state index is 11.8. The standard InChI is InChI=1S/C13H14N2OS/c14-8-7-10-3-5-11(6-4-10)15-13(16)12-2-1-9-17-12/h1-6,9H,7-8,14H2,(H,15,16). The Balaban J connectivity index is 2.01. The van der Waals surface area contributed by atoms with Crippen molar-refractivity contribution in [3.8, 4) is 0 Å². The van der Waals surface area contributed by atoms with Crippen molar-refractivity contribution in [2.45, 2.75) is 6.42 Å². The van der Waals surface area contributed by atoms with Crippen LogP contribution < -0.4 is 11.1 Å². The lowest BCUT2D eigenvalue weighted by molar-refractivity contribution is 0.103. The first-order valence-corrected chi connectivity index (χ1v) is 6.31. The molecule has 1 heterocycles. The number of thiophene rings is 1. The highest BCUT2D eigenvalue weighted by Gasteiger charge is 2.06. The molecular formula is C13H14N2OS. The Morgan fingerprint density at radius 1 is 1.24 bits per heavy atom. The van der Waals surface area contributed by atoms with Crippen molar-refractivity contribution in [2.24, 2.45) is 5.73 Å². The summed E-state index contributed by atoms with van der Waals surface area (Å²) in [7, 11) is 0. The van der Waals surface area contributed by atoms with Gasteiger partial charge in [-0.05, 0) is 42.1 Å². The van der Waals surface area contributed by atoms with Gasteiger partial charge in [-0.2, -0.15) is 0 Å². The second-order valence-corrected chi connectivity index (χ2v) is 4.61. The van der Waals surface area contributed by atoms with Crippen LogP contribution >= 0.6 is 11.3 Å². The molecule has 1 aromatic heterocycles. The van der Waals surface area contributed by atoms with Crippen molar-refractivity contribution in [2.75, 3.05) is 11.9 Å². The van der Waals surface area contributed by atoms with E-state index >= 15 is 0 Å². The van der Waals surface area contributed by atoms with Crippen molar-refractivity contribution < 1.29 is 4.79 Å². The van der Waals surface area contributed by atoms with Crippen molar-refractivity contribution in [1.29, 1.82) is 0 Å². The van der Waals surface area contributed by atoms with E-state index in [1.807, 2.05) is 41.8 Å². The van der Waals surface area contributed by atoms with Crippen LogP contribution in [0.25, 0.3) is 0 Å². The summed E-state index contributed by atoms with van der Waals surface area (Å²) in [5, 5.41) is 4.74. The van der Waals surface area contributed by atoms with E-state index < -0.39 is 0 Å². The summed E-state index contributed by atoms with van der Waals surface area (Å²) >= 11 is 1.43. The Morgan fingerprint density at radius 2 is 2.00 bits per heavy atom. The van der Waals surface area contributed by atoms with Gasteiger partial charge in [-0.15, -0.1) is 11.3 Å². The summed E-state index contributed by atoms with van der Waals surface area (Å²) in [6.45, 7) is 0.640. The minimum atomic E-state index is -0.0634. The second kappa shape index (κ2) is 5.61. The quantitative estimate of drug-likeness (QED) is 0.871. The monoisotopic (exact) mass is 246 g/mol. The third kappa shape index (κ3) is 3.15. The van der Waals surface area contributed by atoms with Crippen LogP contribution in [-0.2, 0) is 6.42 Å². The minimum absolute atomic E-state index is 0.0634. The normalized spacial score (nSPS) is 10.2. The second-order valence-electron chi connectivity index (χ2n) is 3.67. The summed E-state index contributed by atoms with van der Waals surface area (Å²) in [4.78, 5) is 12.5. The number of hydrogen-bond acceptors (Lipinski definition) is 3. The highest BCUT2D eigenvalue weighted by molar-refractivity contribution is 7.12. The molecule has 0 aliphatic heterocycles. The molecule has 0 bridgehead atoms. The fraction of sp³-hybridized carbons (Fsp3) is 0.154. The van der Waals surface area contributed by atoms with E-state index in [9.17, 15) is 4.79 Å². The Labute approximate surface area is 104 Å². The first-order valence-electron chi connectivity index (χ1n) is 5.43. The van der Waals surface area contributed by atoms with E-state index in [2.05, 4.69) is 5.32 Å². The van der Waals surface area contributed by atoms with Crippen molar-refractivity contribution >= 4 is 22.9 Å². The van der Waals surface area contributed by atoms with E-state index in [-0.39, 0.29) is 5.91 Å². The van der Waals surface area contributed by atoms with Gasteiger partial charge in [0.2, 0.25) is 0 Å². The lowest BCUT2D eigenvalue weighted by atomic mass is 10.1. The van der Waals surface area contributed by atoms with Crippen molar-refractivity contribution in [3.05, 3.63) is 52.2 Å². The summed E-state index contributed by atoms with van der Waals surface area (Å²) in [6.07, 6.45) is 0.860. The molecule has 0 atom stereocenters. The Hall–Kier alpha value is -1.65. The van der Waals surface area contributed by atoms with Crippen LogP contribution in [-0.4, -0.2) is 12.5 Å². The number of rotatable bonds is 4. The third-order valence-electron chi connectivity index (χ3n) is 2.39. The molecule has 2 rings (SSSR count). The molecule has 0 saturated carbocycles. The molecule has 17 heavy (non-hydrogen) atoms. The van der Waals surface area contributed by atoms with Gasteiger partial charge < -0.3 is 11.1 Å². The van der Waals surface area contributed by atoms with Crippen LogP contribution in [0.15, 0.2) is 41.8 Å². The molecule has 1 aromatic carbocycles. The highest BCUT2D eigenvalue weighted by atomic mass is 32.1. The first-order chi connectivity index (χ1) is 8.29. The summed E-state index contributed by atoms with van der Waals surface area (Å²) in [5.41, 5.74) is 7.47. The molecule has 0 aliphatic rings. The molecule has 0 aliphatic carbocycles. The van der Waals surface area contributed by atoms with Gasteiger partial charge in [0.15, 0.2) is 0 Å². The maximum Gasteiger partial charge on any atom is 0.265 e. The number of carbonyl (C=O) groups is 1. The lowest BCUT2D eigenvalue weighted by Gasteiger charge is -2.04. The number of nitrogens with two attached hydrogens (primary N) is 1. The lowest BCUT2D eigenvalue weighted by Crippen LogP contribution is -2.10. The van der Waals surface area contributed by atoms with Crippen LogP contribution in [0.4, 0.5) is 5.69 Å². The zero-order valence-corrected chi connectivity index (χ0v) is 10.2. The Bertz CT molecular complexity index is 477. The number of carbonyl (C=O) groups excluding carboxylic acids is 1. The number of anilines is 1. The van der Waals surface area contributed by atoms with Crippen molar-refractivity contribution in [1.82, 2.24) is 0 Å². The van der Waals surface area contributed by atoms with Gasteiger partial charge in [-0.3, -0.25) is 4.79 Å². The largest absolute Gasteiger partial charge is 0.330 e. The van der Waals surface area contributed by atoms with Crippen LogP contribution in [0.1, 0.15) is 15.2 Å². The number of nitrogens with one attached hydrogen (secondary N) is 1. The van der Waals surface area contributed by atoms with Gasteiger partial charge in [0, 0.05) is 5.69 Å². The van der Waals surface area contributed by atoms with E-state index in [1.165, 1.54) is 16.9 Å². The molecular weight excluding hydrogens is 232 g/mol. The number of amides is 1. The third-order valence-corrected chi connectivity index (χ3v) is 3.26. The van der Waals surface area contributed by atoms with Gasteiger partial charge in [-0.25, -0.2) is 0 Å². The molecule has 0 radical (unpaired) electrons. The smallest absolute Gasteiger partial charge is 0.265 e. The molecule has 0 spiro atoms. The average molecular weight is 246 g/mol. The van der Waals surface area contributed by atoms with Gasteiger partial charge in [-0.1, -0.05) is 18.2 Å². The SMILES string of the molecule is NCCc1ccc(NC(=O)c2cccs2)cc1. The van der Waals surface area contributed by atoms with Crippen LogP contribution in [0, 0.1) is 0 Å². The summed E-state index contributed by atoms with van der Waals surface area (Å²) in [6, 6.07) is 11.4. The summed E-state index contributed by atoms with van der Waals surface area (Å²) < 4.78 is 0. The van der Waals surface area contributed by atoms with E-state index in [0.29, 0.717) is 6.54 Å². The van der Waals surface area contributed by atoms with Crippen molar-refractivity contribution in [3.63, 3.8) is 0 Å². The topological polar surface area (TPSA) is 55.1 Å². The molecule has 0 fully saturated rings. The van der Waals surface area contributed by atoms with Crippen LogP contribution in [0.5, 0.6) is 0 Å². The molecule has 88 valence electrons. The van der Waals surface area contributed by atoms with Gasteiger partial charge in [0.1, 0.15) is 0 Å². The predicted octanol–water partition coefficient (Wildman–Crippen LogP) is 2.50. The van der Waals surface area contributed by atoms with Crippen LogP contribution in [0.2, 0.25) is 0 Å². The minimum Gasteiger partial charge on any atom is -0.330 e. The Kier molecular flexibility index (Phi) is 3.90. The number of benzene rings is 1. The fourth-order valence-electron chi connectivity index (χ4n) is 1.52. The summed E-state index contributed by atoms with van der Waals surface area (Å²) in [5.74, 6) is -0.0634. The molecule has 3 nitrogen and oxygen atoms in total. The van der Waals surface area contributed by atoms with E-state index in [0.717, 1.165) is 17.0 Å². The molecule has 0 unspecified atom stereocenters. The Morgan fingerprint density at radius 3 is 2.59 bits per heavy atom.